The molecule has 1 atom stereocenters. The second kappa shape index (κ2) is 8.46. The Hall–Kier alpha value is -1.82. The number of rotatable bonds is 7. The second-order valence-electron chi connectivity index (χ2n) is 5.67. The monoisotopic (exact) mass is 428 g/mol. The van der Waals surface area contributed by atoms with E-state index in [1.54, 1.807) is 6.08 Å². The molecule has 1 N–H and O–H groups in total. The molecule has 1 aliphatic heterocycles. The second-order valence-corrected chi connectivity index (χ2v) is 9.77. The lowest BCUT2D eigenvalue weighted by Crippen LogP contribution is -2.43. The number of anilines is 1. The van der Waals surface area contributed by atoms with E-state index in [1.165, 1.54) is 41.3 Å². The van der Waals surface area contributed by atoms with Gasteiger partial charge in [-0.1, -0.05) is 41.3 Å². The zero-order valence-corrected chi connectivity index (χ0v) is 16.6. The van der Waals surface area contributed by atoms with Gasteiger partial charge < -0.3 is 0 Å². The van der Waals surface area contributed by atoms with Gasteiger partial charge in [-0.2, -0.15) is 4.31 Å². The number of sulfonamides is 1. The van der Waals surface area contributed by atoms with E-state index in [0.29, 0.717) is 28.1 Å². The number of hydrogen-bond donors (Lipinski definition) is 1. The molecule has 1 fully saturated rings. The lowest BCUT2D eigenvalue weighted by atomic mass is 10.2. The van der Waals surface area contributed by atoms with Crippen molar-refractivity contribution in [1.29, 1.82) is 0 Å². The van der Waals surface area contributed by atoms with Crippen LogP contribution in [-0.4, -0.2) is 47.2 Å². The molecule has 0 unspecified atom stereocenters. The molecule has 144 valence electrons. The number of halogens is 1. The Labute approximate surface area is 164 Å². The van der Waals surface area contributed by atoms with Gasteiger partial charge in [0.15, 0.2) is 4.34 Å². The van der Waals surface area contributed by atoms with Crippen molar-refractivity contribution in [2.75, 3.05) is 17.6 Å². The van der Waals surface area contributed by atoms with Crippen LogP contribution in [0.4, 0.5) is 9.52 Å². The third kappa shape index (κ3) is 4.37. The van der Waals surface area contributed by atoms with Gasteiger partial charge in [0.2, 0.25) is 21.1 Å². The van der Waals surface area contributed by atoms with Gasteiger partial charge in [-0.25, -0.2) is 12.8 Å². The van der Waals surface area contributed by atoms with Gasteiger partial charge in [0.25, 0.3) is 0 Å². The fraction of sp³-hybridized carbons (Fsp3) is 0.312. The number of amides is 1. The van der Waals surface area contributed by atoms with Crippen LogP contribution in [-0.2, 0) is 14.8 Å². The summed E-state index contributed by atoms with van der Waals surface area (Å²) in [5.74, 6) is -0.666. The highest BCUT2D eigenvalue weighted by atomic mass is 32.2. The molecule has 1 aliphatic rings. The maximum Gasteiger partial charge on any atom is 0.246 e. The fourth-order valence-electron chi connectivity index (χ4n) is 2.71. The molecule has 0 radical (unpaired) electrons. The lowest BCUT2D eigenvalue weighted by molar-refractivity contribution is -0.119. The van der Waals surface area contributed by atoms with Crippen LogP contribution in [0.25, 0.3) is 0 Å². The molecule has 1 saturated heterocycles. The van der Waals surface area contributed by atoms with E-state index >= 15 is 0 Å². The van der Waals surface area contributed by atoms with Crippen LogP contribution in [0.2, 0.25) is 0 Å². The van der Waals surface area contributed by atoms with Crippen LogP contribution in [0.5, 0.6) is 0 Å². The van der Waals surface area contributed by atoms with E-state index in [1.807, 2.05) is 0 Å². The van der Waals surface area contributed by atoms with Crippen LogP contribution >= 0.6 is 23.1 Å². The maximum atomic E-state index is 14.0. The summed E-state index contributed by atoms with van der Waals surface area (Å²) in [6.07, 6.45) is 2.60. The quantitative estimate of drug-likeness (QED) is 0.414. The first-order chi connectivity index (χ1) is 12.9. The Morgan fingerprint density at radius 1 is 1.44 bits per heavy atom. The van der Waals surface area contributed by atoms with Crippen molar-refractivity contribution in [1.82, 2.24) is 14.5 Å². The zero-order chi connectivity index (χ0) is 19.4. The van der Waals surface area contributed by atoms with Crippen molar-refractivity contribution < 1.29 is 17.6 Å². The van der Waals surface area contributed by atoms with Gasteiger partial charge in [0, 0.05) is 12.3 Å². The van der Waals surface area contributed by atoms with Gasteiger partial charge in [0.05, 0.1) is 0 Å². The molecule has 27 heavy (non-hydrogen) atoms. The minimum Gasteiger partial charge on any atom is -0.299 e. The van der Waals surface area contributed by atoms with Crippen molar-refractivity contribution in [3.05, 3.63) is 42.7 Å². The number of thioether (sulfide) groups is 1. The van der Waals surface area contributed by atoms with Crippen molar-refractivity contribution >= 4 is 44.2 Å². The first-order valence-corrected chi connectivity index (χ1v) is 11.3. The third-order valence-electron chi connectivity index (χ3n) is 3.89. The Morgan fingerprint density at radius 3 is 2.96 bits per heavy atom. The summed E-state index contributed by atoms with van der Waals surface area (Å²) in [4.78, 5) is 12.2. The summed E-state index contributed by atoms with van der Waals surface area (Å²) < 4.78 is 41.3. The van der Waals surface area contributed by atoms with Gasteiger partial charge >= 0.3 is 0 Å². The zero-order valence-electron chi connectivity index (χ0n) is 14.2. The van der Waals surface area contributed by atoms with Crippen LogP contribution in [0.3, 0.4) is 0 Å². The molecule has 2 heterocycles. The predicted octanol–water partition coefficient (Wildman–Crippen LogP) is 2.75. The van der Waals surface area contributed by atoms with E-state index in [0.717, 1.165) is 10.4 Å². The molecule has 1 amide bonds. The van der Waals surface area contributed by atoms with Crippen molar-refractivity contribution in [2.45, 2.75) is 28.1 Å². The molecule has 2 aromatic rings. The molecule has 1 aromatic heterocycles. The van der Waals surface area contributed by atoms with Crippen molar-refractivity contribution in [3.63, 3.8) is 0 Å². The molecular formula is C16H17FN4O3S3. The molecular weight excluding hydrogens is 411 g/mol. The SMILES string of the molecule is C=CCSc1nnc(NC(=O)[C@H]2CCCN2S(=O)(=O)c2ccccc2F)s1. The smallest absolute Gasteiger partial charge is 0.246 e. The Bertz CT molecular complexity index is 948. The van der Waals surface area contributed by atoms with Crippen LogP contribution in [0, 0.1) is 5.82 Å². The highest BCUT2D eigenvalue weighted by molar-refractivity contribution is 8.01. The van der Waals surface area contributed by atoms with Gasteiger partial charge in [0.1, 0.15) is 16.8 Å². The fourth-order valence-corrected chi connectivity index (χ4v) is 5.95. The first kappa shape index (κ1) is 19.9. The summed E-state index contributed by atoms with van der Waals surface area (Å²) in [7, 11) is -4.11. The predicted molar refractivity (Wildman–Crippen MR) is 103 cm³/mol. The molecule has 0 saturated carbocycles. The molecule has 1 aromatic carbocycles. The summed E-state index contributed by atoms with van der Waals surface area (Å²) >= 11 is 2.63. The molecule has 0 spiro atoms. The first-order valence-electron chi connectivity index (χ1n) is 8.08. The largest absolute Gasteiger partial charge is 0.299 e. The number of benzene rings is 1. The van der Waals surface area contributed by atoms with E-state index in [2.05, 4.69) is 22.1 Å². The lowest BCUT2D eigenvalue weighted by Gasteiger charge is -2.23. The summed E-state index contributed by atoms with van der Waals surface area (Å²) in [5.41, 5.74) is 0. The van der Waals surface area contributed by atoms with E-state index < -0.39 is 32.7 Å². The van der Waals surface area contributed by atoms with Crippen LogP contribution in [0.1, 0.15) is 12.8 Å². The van der Waals surface area contributed by atoms with E-state index in [-0.39, 0.29) is 6.54 Å². The number of carbonyl (C=O) groups excluding carboxylic acids is 1. The standard InChI is InChI=1S/C16H17FN4O3S3/c1-2-10-25-16-20-19-15(26-16)18-14(22)12-7-5-9-21(12)27(23,24)13-8-4-3-6-11(13)17/h2-4,6,8,12H,1,5,7,9-10H2,(H,18,19,22)/t12-/m1/s1. The van der Waals surface area contributed by atoms with Crippen LogP contribution in [0.15, 0.2) is 46.2 Å². The normalized spacial score (nSPS) is 17.7. The molecule has 0 bridgehead atoms. The minimum atomic E-state index is -4.11. The van der Waals surface area contributed by atoms with E-state index in [4.69, 9.17) is 0 Å². The van der Waals surface area contributed by atoms with E-state index in [9.17, 15) is 17.6 Å². The molecule has 7 nitrogen and oxygen atoms in total. The van der Waals surface area contributed by atoms with Gasteiger partial charge in [-0.15, -0.1) is 16.8 Å². The Morgan fingerprint density at radius 2 is 2.22 bits per heavy atom. The highest BCUT2D eigenvalue weighted by Crippen LogP contribution is 2.29. The number of aromatic nitrogens is 2. The summed E-state index contributed by atoms with van der Waals surface area (Å²) in [6.45, 7) is 3.78. The minimum absolute atomic E-state index is 0.158. The molecule has 0 aliphatic carbocycles. The third-order valence-corrected chi connectivity index (χ3v) is 7.80. The topological polar surface area (TPSA) is 92.3 Å². The van der Waals surface area contributed by atoms with Gasteiger partial charge in [-0.05, 0) is 25.0 Å². The van der Waals surface area contributed by atoms with Crippen LogP contribution < -0.4 is 5.32 Å². The molecule has 11 heteroatoms. The number of carbonyl (C=O) groups is 1. The summed E-state index contributed by atoms with van der Waals surface area (Å²) in [5, 5.41) is 10.8. The number of nitrogens with one attached hydrogen (secondary N) is 1. The number of nitrogens with zero attached hydrogens (tertiary/aromatic N) is 3. The Kier molecular flexibility index (Phi) is 6.25. The highest BCUT2D eigenvalue weighted by Gasteiger charge is 2.40. The average molecular weight is 429 g/mol. The molecule has 3 rings (SSSR count). The maximum absolute atomic E-state index is 14.0. The van der Waals surface area contributed by atoms with Gasteiger partial charge in [-0.3, -0.25) is 10.1 Å². The van der Waals surface area contributed by atoms with Crippen molar-refractivity contribution in [2.24, 2.45) is 0 Å². The summed E-state index contributed by atoms with van der Waals surface area (Å²) in [6, 6.07) is 4.24. The Balaban J connectivity index is 1.76. The van der Waals surface area contributed by atoms with Crippen molar-refractivity contribution in [3.8, 4) is 0 Å². The number of hydrogen-bond acceptors (Lipinski definition) is 7. The average Bonchev–Trinajstić information content (AvgIpc) is 3.30.